The Kier molecular flexibility index (Phi) is 4.61. The highest BCUT2D eigenvalue weighted by Crippen LogP contribution is 2.09. The molecule has 0 aliphatic heterocycles. The zero-order chi connectivity index (χ0) is 14.5. The molecule has 2 N–H and O–H groups in total. The van der Waals surface area contributed by atoms with Gasteiger partial charge in [-0.2, -0.15) is 20.1 Å². The van der Waals surface area contributed by atoms with Crippen molar-refractivity contribution in [1.82, 2.24) is 24.7 Å². The Morgan fingerprint density at radius 1 is 1.35 bits per heavy atom. The third-order valence-corrected chi connectivity index (χ3v) is 3.39. The van der Waals surface area contributed by atoms with Crippen LogP contribution < -0.4 is 10.6 Å². The third-order valence-electron chi connectivity index (χ3n) is 2.42. The second kappa shape index (κ2) is 6.42. The molecule has 0 saturated heterocycles. The third kappa shape index (κ3) is 3.73. The number of hydrogen-bond donors (Lipinski definition) is 2. The largest absolute Gasteiger partial charge is 0.357 e. The first kappa shape index (κ1) is 14.4. The molecule has 0 spiro atoms. The fourth-order valence-corrected chi connectivity index (χ4v) is 2.43. The van der Waals surface area contributed by atoms with Crippen LogP contribution in [0, 0.1) is 0 Å². The number of hydrogen-bond acceptors (Lipinski definition) is 7. The molecule has 8 nitrogen and oxygen atoms in total. The molecule has 2 aromatic rings. The minimum absolute atomic E-state index is 0.00147. The molecule has 0 amide bonds. The van der Waals surface area contributed by atoms with Crippen LogP contribution in [-0.2, 0) is 10.8 Å². The van der Waals surface area contributed by atoms with Crippen LogP contribution in [0.4, 0.5) is 11.9 Å². The molecule has 108 valence electrons. The molecule has 2 aromatic heterocycles. The maximum Gasteiger partial charge on any atom is 0.257 e. The first-order valence-corrected chi connectivity index (χ1v) is 7.81. The van der Waals surface area contributed by atoms with Crippen LogP contribution >= 0.6 is 0 Å². The van der Waals surface area contributed by atoms with Gasteiger partial charge in [0.2, 0.25) is 11.9 Å². The van der Waals surface area contributed by atoms with E-state index in [4.69, 9.17) is 0 Å². The molecule has 2 atom stereocenters. The predicted molar refractivity (Wildman–Crippen MR) is 78.5 cm³/mol. The van der Waals surface area contributed by atoms with Gasteiger partial charge in [0.1, 0.15) is 0 Å². The molecular weight excluding hydrogens is 278 g/mol. The van der Waals surface area contributed by atoms with Crippen LogP contribution in [0.3, 0.4) is 0 Å². The molecule has 0 aromatic carbocycles. The van der Waals surface area contributed by atoms with Gasteiger partial charge >= 0.3 is 0 Å². The molecular formula is C11H17N7OS. The van der Waals surface area contributed by atoms with Gasteiger partial charge in [0, 0.05) is 48.3 Å². The summed E-state index contributed by atoms with van der Waals surface area (Å²) in [6.07, 6.45) is 5.07. The van der Waals surface area contributed by atoms with E-state index in [1.807, 2.05) is 6.92 Å². The quantitative estimate of drug-likeness (QED) is 0.789. The number of aromatic nitrogens is 5. The molecule has 0 aliphatic rings. The molecule has 0 bridgehead atoms. The lowest BCUT2D eigenvalue weighted by atomic mass is 10.4. The van der Waals surface area contributed by atoms with Gasteiger partial charge in [-0.15, -0.1) is 0 Å². The summed E-state index contributed by atoms with van der Waals surface area (Å²) < 4.78 is 12.8. The minimum atomic E-state index is -0.878. The van der Waals surface area contributed by atoms with Crippen molar-refractivity contribution in [1.29, 1.82) is 0 Å². The van der Waals surface area contributed by atoms with Gasteiger partial charge < -0.3 is 10.6 Å². The van der Waals surface area contributed by atoms with E-state index in [2.05, 4.69) is 30.7 Å². The summed E-state index contributed by atoms with van der Waals surface area (Å²) in [6.45, 7) is 1.93. The molecule has 20 heavy (non-hydrogen) atoms. The van der Waals surface area contributed by atoms with Crippen molar-refractivity contribution in [3.8, 4) is 5.95 Å². The van der Waals surface area contributed by atoms with Crippen molar-refractivity contribution in [2.45, 2.75) is 13.0 Å². The van der Waals surface area contributed by atoms with E-state index < -0.39 is 10.8 Å². The lowest BCUT2D eigenvalue weighted by Gasteiger charge is -2.13. The Bertz CT molecular complexity index is 586. The summed E-state index contributed by atoms with van der Waals surface area (Å²) in [5.74, 6) is 1.81. The van der Waals surface area contributed by atoms with Crippen molar-refractivity contribution in [3.63, 3.8) is 0 Å². The Hall–Kier alpha value is -2.03. The fourth-order valence-electron chi connectivity index (χ4n) is 1.64. The van der Waals surface area contributed by atoms with Gasteiger partial charge in [-0.05, 0) is 13.0 Å². The van der Waals surface area contributed by atoms with E-state index >= 15 is 0 Å². The van der Waals surface area contributed by atoms with Gasteiger partial charge in [-0.3, -0.25) is 4.21 Å². The number of nitrogens with one attached hydrogen (secondary N) is 2. The Balaban J connectivity index is 2.24. The standard InChI is InChI=1S/C11H17N7OS/c1-8(7-20(3)19)14-10-15-9(12-2)16-11(17-10)18-6-4-5-13-18/h4-6,8H,7H2,1-3H3,(H2,12,14,15,16,17). The second-order valence-corrected chi connectivity index (χ2v) is 5.75. The highest BCUT2D eigenvalue weighted by molar-refractivity contribution is 7.84. The van der Waals surface area contributed by atoms with E-state index in [0.29, 0.717) is 23.6 Å². The molecule has 0 saturated carbocycles. The van der Waals surface area contributed by atoms with Crippen LogP contribution in [0.5, 0.6) is 0 Å². The first-order chi connectivity index (χ1) is 9.58. The normalized spacial score (nSPS) is 13.8. The molecule has 2 unspecified atom stereocenters. The average molecular weight is 295 g/mol. The number of nitrogens with zero attached hydrogens (tertiary/aromatic N) is 5. The van der Waals surface area contributed by atoms with Gasteiger partial charge in [-0.1, -0.05) is 0 Å². The van der Waals surface area contributed by atoms with E-state index in [1.165, 1.54) is 0 Å². The Labute approximate surface area is 119 Å². The lowest BCUT2D eigenvalue weighted by Crippen LogP contribution is -2.24. The highest BCUT2D eigenvalue weighted by Gasteiger charge is 2.11. The van der Waals surface area contributed by atoms with Crippen molar-refractivity contribution < 1.29 is 4.21 Å². The summed E-state index contributed by atoms with van der Waals surface area (Å²) in [6, 6.07) is 1.79. The first-order valence-electron chi connectivity index (χ1n) is 6.09. The van der Waals surface area contributed by atoms with E-state index in [0.717, 1.165) is 0 Å². The van der Waals surface area contributed by atoms with Crippen LogP contribution in [-0.4, -0.2) is 54.0 Å². The second-order valence-electron chi connectivity index (χ2n) is 4.27. The van der Waals surface area contributed by atoms with Crippen LogP contribution in [0.1, 0.15) is 6.92 Å². The van der Waals surface area contributed by atoms with E-state index in [9.17, 15) is 4.21 Å². The lowest BCUT2D eigenvalue weighted by molar-refractivity contribution is 0.682. The monoisotopic (exact) mass is 295 g/mol. The maximum atomic E-state index is 11.2. The highest BCUT2D eigenvalue weighted by atomic mass is 32.2. The van der Waals surface area contributed by atoms with Crippen molar-refractivity contribution in [2.24, 2.45) is 0 Å². The summed E-state index contributed by atoms with van der Waals surface area (Å²) in [5, 5.41) is 10.1. The summed E-state index contributed by atoms with van der Waals surface area (Å²) in [4.78, 5) is 12.8. The summed E-state index contributed by atoms with van der Waals surface area (Å²) in [7, 11) is 0.854. The minimum Gasteiger partial charge on any atom is -0.357 e. The molecule has 2 rings (SSSR count). The van der Waals surface area contributed by atoms with E-state index in [-0.39, 0.29) is 6.04 Å². The fraction of sp³-hybridized carbons (Fsp3) is 0.455. The smallest absolute Gasteiger partial charge is 0.257 e. The van der Waals surface area contributed by atoms with E-state index in [1.54, 1.807) is 36.4 Å². The maximum absolute atomic E-state index is 11.2. The topological polar surface area (TPSA) is 97.6 Å². The van der Waals surface area contributed by atoms with Crippen LogP contribution in [0.2, 0.25) is 0 Å². The van der Waals surface area contributed by atoms with Gasteiger partial charge in [-0.25, -0.2) is 4.68 Å². The van der Waals surface area contributed by atoms with Gasteiger partial charge in [0.15, 0.2) is 0 Å². The zero-order valence-corrected chi connectivity index (χ0v) is 12.4. The molecule has 0 radical (unpaired) electrons. The average Bonchev–Trinajstić information content (AvgIpc) is 2.91. The van der Waals surface area contributed by atoms with Gasteiger partial charge in [0.05, 0.1) is 0 Å². The molecule has 9 heteroatoms. The summed E-state index contributed by atoms with van der Waals surface area (Å²) >= 11 is 0. The zero-order valence-electron chi connectivity index (χ0n) is 11.6. The summed E-state index contributed by atoms with van der Waals surface area (Å²) in [5.41, 5.74) is 0. The SMILES string of the molecule is CNc1nc(NC(C)CS(C)=O)nc(-n2cccn2)n1. The Morgan fingerprint density at radius 3 is 2.70 bits per heavy atom. The van der Waals surface area contributed by atoms with Crippen molar-refractivity contribution in [2.75, 3.05) is 29.7 Å². The van der Waals surface area contributed by atoms with Crippen LogP contribution in [0.25, 0.3) is 5.95 Å². The molecule has 0 aliphatic carbocycles. The molecule has 2 heterocycles. The Morgan fingerprint density at radius 2 is 2.10 bits per heavy atom. The van der Waals surface area contributed by atoms with Crippen molar-refractivity contribution >= 4 is 22.7 Å². The van der Waals surface area contributed by atoms with Crippen LogP contribution in [0.15, 0.2) is 18.5 Å². The van der Waals surface area contributed by atoms with Gasteiger partial charge in [0.25, 0.3) is 5.95 Å². The molecule has 0 fully saturated rings. The predicted octanol–water partition coefficient (Wildman–Crippen LogP) is 0.278. The van der Waals surface area contributed by atoms with Crippen molar-refractivity contribution in [3.05, 3.63) is 18.5 Å². The number of rotatable bonds is 6. The number of anilines is 2.